The SMILES string of the molecule is O=C(CS(=O)(=O)Cc1ccc(I)cc1)c1ccccc1. The van der Waals surface area contributed by atoms with Gasteiger partial charge in [0.05, 0.1) is 5.75 Å². The summed E-state index contributed by atoms with van der Waals surface area (Å²) in [5.41, 5.74) is 1.13. The summed E-state index contributed by atoms with van der Waals surface area (Å²) >= 11 is 2.16. The van der Waals surface area contributed by atoms with Gasteiger partial charge < -0.3 is 0 Å². The van der Waals surface area contributed by atoms with Gasteiger partial charge in [-0.2, -0.15) is 0 Å². The van der Waals surface area contributed by atoms with E-state index in [-0.39, 0.29) is 11.5 Å². The van der Waals surface area contributed by atoms with Gasteiger partial charge in [-0.25, -0.2) is 8.42 Å². The van der Waals surface area contributed by atoms with Gasteiger partial charge >= 0.3 is 0 Å². The molecular weight excluding hydrogens is 387 g/mol. The molecule has 0 N–H and O–H groups in total. The van der Waals surface area contributed by atoms with Crippen molar-refractivity contribution in [3.8, 4) is 0 Å². The highest BCUT2D eigenvalue weighted by atomic mass is 127. The Bertz CT molecular complexity index is 692. The molecule has 0 amide bonds. The second kappa shape index (κ2) is 6.49. The summed E-state index contributed by atoms with van der Waals surface area (Å²) in [6.07, 6.45) is 0. The van der Waals surface area contributed by atoms with Crippen molar-refractivity contribution in [2.24, 2.45) is 0 Å². The smallest absolute Gasteiger partial charge is 0.177 e. The summed E-state index contributed by atoms with van der Waals surface area (Å²) in [5, 5.41) is 0. The molecule has 0 aliphatic heterocycles. The molecule has 3 nitrogen and oxygen atoms in total. The molecular formula is C15H13IO3S. The molecule has 0 atom stereocenters. The number of hydrogen-bond acceptors (Lipinski definition) is 3. The number of sulfone groups is 1. The zero-order chi connectivity index (χ0) is 14.6. The lowest BCUT2D eigenvalue weighted by Crippen LogP contribution is -2.17. The van der Waals surface area contributed by atoms with Gasteiger partial charge in [-0.05, 0) is 40.3 Å². The maximum Gasteiger partial charge on any atom is 0.177 e. The monoisotopic (exact) mass is 400 g/mol. The highest BCUT2D eigenvalue weighted by Crippen LogP contribution is 2.12. The minimum Gasteiger partial charge on any atom is -0.293 e. The summed E-state index contributed by atoms with van der Waals surface area (Å²) in [7, 11) is -3.45. The Morgan fingerprint density at radius 2 is 1.55 bits per heavy atom. The van der Waals surface area contributed by atoms with E-state index in [4.69, 9.17) is 0 Å². The Morgan fingerprint density at radius 1 is 0.950 bits per heavy atom. The molecule has 5 heteroatoms. The lowest BCUT2D eigenvalue weighted by atomic mass is 10.2. The van der Waals surface area contributed by atoms with Crippen molar-refractivity contribution in [3.05, 3.63) is 69.3 Å². The van der Waals surface area contributed by atoms with E-state index in [2.05, 4.69) is 22.6 Å². The molecule has 0 saturated heterocycles. The molecule has 0 aliphatic rings. The van der Waals surface area contributed by atoms with Crippen LogP contribution in [0.5, 0.6) is 0 Å². The fraction of sp³-hybridized carbons (Fsp3) is 0.133. The van der Waals surface area contributed by atoms with Crippen LogP contribution in [-0.4, -0.2) is 20.0 Å². The van der Waals surface area contributed by atoms with Gasteiger partial charge in [0.2, 0.25) is 0 Å². The van der Waals surface area contributed by atoms with Gasteiger partial charge in [-0.3, -0.25) is 4.79 Å². The molecule has 0 aliphatic carbocycles. The van der Waals surface area contributed by atoms with Crippen molar-refractivity contribution in [2.45, 2.75) is 5.75 Å². The van der Waals surface area contributed by atoms with Crippen LogP contribution in [0.4, 0.5) is 0 Å². The average Bonchev–Trinajstić information content (AvgIpc) is 2.41. The molecule has 20 heavy (non-hydrogen) atoms. The van der Waals surface area contributed by atoms with E-state index < -0.39 is 15.6 Å². The molecule has 0 saturated carbocycles. The van der Waals surface area contributed by atoms with Crippen LogP contribution < -0.4 is 0 Å². The number of benzene rings is 2. The molecule has 0 aromatic heterocycles. The van der Waals surface area contributed by atoms with E-state index >= 15 is 0 Å². The number of halogens is 1. The molecule has 0 radical (unpaired) electrons. The summed E-state index contributed by atoms with van der Waals surface area (Å²) in [6, 6.07) is 15.7. The number of carbonyl (C=O) groups is 1. The molecule has 2 aromatic carbocycles. The predicted molar refractivity (Wildman–Crippen MR) is 87.4 cm³/mol. The standard InChI is InChI=1S/C15H13IO3S/c16-14-8-6-12(7-9-14)10-20(18,19)11-15(17)13-4-2-1-3-5-13/h1-9H,10-11H2. The highest BCUT2D eigenvalue weighted by Gasteiger charge is 2.18. The Labute approximate surface area is 132 Å². The topological polar surface area (TPSA) is 51.2 Å². The van der Waals surface area contributed by atoms with E-state index in [9.17, 15) is 13.2 Å². The van der Waals surface area contributed by atoms with Crippen molar-refractivity contribution >= 4 is 38.2 Å². The van der Waals surface area contributed by atoms with Crippen molar-refractivity contribution < 1.29 is 13.2 Å². The van der Waals surface area contributed by atoms with Crippen molar-refractivity contribution in [1.29, 1.82) is 0 Å². The minimum absolute atomic E-state index is 0.109. The Kier molecular flexibility index (Phi) is 4.93. The van der Waals surface area contributed by atoms with Crippen LogP contribution >= 0.6 is 22.6 Å². The van der Waals surface area contributed by atoms with Crippen LogP contribution in [0.1, 0.15) is 15.9 Å². The third-order valence-corrected chi connectivity index (χ3v) is 4.94. The second-order valence-electron chi connectivity index (χ2n) is 4.45. The van der Waals surface area contributed by atoms with Gasteiger partial charge in [-0.15, -0.1) is 0 Å². The summed E-state index contributed by atoms with van der Waals surface area (Å²) in [5.74, 6) is -0.929. The average molecular weight is 400 g/mol. The second-order valence-corrected chi connectivity index (χ2v) is 7.76. The highest BCUT2D eigenvalue weighted by molar-refractivity contribution is 14.1. The van der Waals surface area contributed by atoms with Gasteiger partial charge in [0.1, 0.15) is 5.75 Å². The minimum atomic E-state index is -3.45. The van der Waals surface area contributed by atoms with Crippen molar-refractivity contribution in [3.63, 3.8) is 0 Å². The number of ketones is 1. The Balaban J connectivity index is 2.08. The van der Waals surface area contributed by atoms with Gasteiger partial charge in [0.25, 0.3) is 0 Å². The van der Waals surface area contributed by atoms with E-state index in [1.165, 1.54) is 0 Å². The van der Waals surface area contributed by atoms with E-state index in [1.54, 1.807) is 42.5 Å². The Hall–Kier alpha value is -1.21. The van der Waals surface area contributed by atoms with Gasteiger partial charge in [0.15, 0.2) is 15.6 Å². The molecule has 0 unspecified atom stereocenters. The number of Topliss-reactive ketones (excluding diaryl/α,β-unsaturated/α-hetero) is 1. The van der Waals surface area contributed by atoms with Crippen LogP contribution in [0.15, 0.2) is 54.6 Å². The fourth-order valence-electron chi connectivity index (χ4n) is 1.79. The molecule has 2 rings (SSSR count). The van der Waals surface area contributed by atoms with Gasteiger partial charge in [0, 0.05) is 9.13 Å². The first-order valence-electron chi connectivity index (χ1n) is 5.99. The van der Waals surface area contributed by atoms with Crippen molar-refractivity contribution in [2.75, 3.05) is 5.75 Å². The van der Waals surface area contributed by atoms with Crippen LogP contribution in [0.25, 0.3) is 0 Å². The van der Waals surface area contributed by atoms with Crippen LogP contribution in [0.2, 0.25) is 0 Å². The summed E-state index contributed by atoms with van der Waals surface area (Å²) in [6.45, 7) is 0. The first-order valence-corrected chi connectivity index (χ1v) is 8.89. The molecule has 0 fully saturated rings. The molecule has 0 spiro atoms. The third kappa shape index (κ3) is 4.42. The number of rotatable bonds is 5. The maximum absolute atomic E-state index is 12.0. The largest absolute Gasteiger partial charge is 0.293 e. The van der Waals surface area contributed by atoms with E-state index in [0.717, 1.165) is 3.57 Å². The first kappa shape index (κ1) is 15.2. The third-order valence-electron chi connectivity index (χ3n) is 2.75. The zero-order valence-electron chi connectivity index (χ0n) is 10.6. The van der Waals surface area contributed by atoms with Crippen LogP contribution in [0, 0.1) is 3.57 Å². The number of hydrogen-bond donors (Lipinski definition) is 0. The molecule has 104 valence electrons. The first-order chi connectivity index (χ1) is 9.46. The zero-order valence-corrected chi connectivity index (χ0v) is 13.6. The molecule has 0 heterocycles. The lowest BCUT2D eigenvalue weighted by molar-refractivity contribution is 0.102. The van der Waals surface area contributed by atoms with Crippen LogP contribution in [-0.2, 0) is 15.6 Å². The predicted octanol–water partition coefficient (Wildman–Crippen LogP) is 3.09. The number of carbonyl (C=O) groups excluding carboxylic acids is 1. The quantitative estimate of drug-likeness (QED) is 0.573. The van der Waals surface area contributed by atoms with Gasteiger partial charge in [-0.1, -0.05) is 42.5 Å². The molecule has 0 bridgehead atoms. The maximum atomic E-state index is 12.0. The normalized spacial score (nSPS) is 11.2. The van der Waals surface area contributed by atoms with E-state index in [0.29, 0.717) is 11.1 Å². The van der Waals surface area contributed by atoms with Crippen LogP contribution in [0.3, 0.4) is 0 Å². The summed E-state index contributed by atoms with van der Waals surface area (Å²) < 4.78 is 25.1. The Morgan fingerprint density at radius 3 is 2.15 bits per heavy atom. The molecule has 2 aromatic rings. The van der Waals surface area contributed by atoms with E-state index in [1.807, 2.05) is 12.1 Å². The summed E-state index contributed by atoms with van der Waals surface area (Å²) in [4.78, 5) is 11.9. The van der Waals surface area contributed by atoms with Crippen molar-refractivity contribution in [1.82, 2.24) is 0 Å². The fourth-order valence-corrected chi connectivity index (χ4v) is 3.52. The lowest BCUT2D eigenvalue weighted by Gasteiger charge is -2.04.